The number of hydrogen-bond donors (Lipinski definition) is 3. The quantitative estimate of drug-likeness (QED) is 0.613. The fraction of sp³-hybridized carbons (Fsp3) is 0.312. The largest absolute Gasteiger partial charge is 0.367 e. The number of aromatic nitrogens is 2. The highest BCUT2D eigenvalue weighted by atomic mass is 35.5. The topological polar surface area (TPSA) is 82.2 Å². The Balaban J connectivity index is 1.94. The highest BCUT2D eigenvalue weighted by Crippen LogP contribution is 2.25. The van der Waals surface area contributed by atoms with Crippen molar-refractivity contribution in [1.29, 1.82) is 0 Å². The van der Waals surface area contributed by atoms with Crippen LogP contribution >= 0.6 is 23.2 Å². The number of urea groups is 1. The highest BCUT2D eigenvalue weighted by Gasteiger charge is 2.10. The maximum Gasteiger partial charge on any atom is 0.326 e. The Morgan fingerprint density at radius 3 is 2.69 bits per heavy atom. The summed E-state index contributed by atoms with van der Waals surface area (Å²) in [4.78, 5) is 21.8. The number of halogens is 3. The molecule has 10 heteroatoms. The van der Waals surface area contributed by atoms with Gasteiger partial charge < -0.3 is 15.5 Å². The van der Waals surface area contributed by atoms with Crippen LogP contribution in [0.1, 0.15) is 6.42 Å². The fourth-order valence-corrected chi connectivity index (χ4v) is 2.29. The second-order valence-electron chi connectivity index (χ2n) is 5.68. The third-order valence-electron chi connectivity index (χ3n) is 3.22. The van der Waals surface area contributed by atoms with Crippen LogP contribution in [0.5, 0.6) is 0 Å². The van der Waals surface area contributed by atoms with Gasteiger partial charge in [-0.05, 0) is 45.3 Å². The number of rotatable bonds is 7. The van der Waals surface area contributed by atoms with Crippen molar-refractivity contribution < 1.29 is 9.18 Å². The van der Waals surface area contributed by atoms with Gasteiger partial charge in [-0.1, -0.05) is 23.2 Å². The maximum atomic E-state index is 13.8. The molecule has 140 valence electrons. The van der Waals surface area contributed by atoms with Gasteiger partial charge in [0.25, 0.3) is 0 Å². The van der Waals surface area contributed by atoms with Gasteiger partial charge in [-0.25, -0.2) is 14.2 Å². The van der Waals surface area contributed by atoms with Crippen LogP contribution in [0.2, 0.25) is 10.0 Å². The zero-order chi connectivity index (χ0) is 19.1. The number of benzene rings is 1. The third kappa shape index (κ3) is 6.29. The molecule has 2 rings (SSSR count). The van der Waals surface area contributed by atoms with Crippen molar-refractivity contribution in [2.75, 3.05) is 43.1 Å². The molecular formula is C16H19Cl2FN6O. The van der Waals surface area contributed by atoms with E-state index in [1.165, 1.54) is 6.07 Å². The minimum Gasteiger partial charge on any atom is -0.367 e. The molecule has 7 nitrogen and oxygen atoms in total. The van der Waals surface area contributed by atoms with Crippen molar-refractivity contribution in [1.82, 2.24) is 14.9 Å². The smallest absolute Gasteiger partial charge is 0.326 e. The van der Waals surface area contributed by atoms with Crippen molar-refractivity contribution in [2.45, 2.75) is 6.42 Å². The van der Waals surface area contributed by atoms with Crippen molar-refractivity contribution in [3.05, 3.63) is 40.3 Å². The highest BCUT2D eigenvalue weighted by molar-refractivity contribution is 6.42. The summed E-state index contributed by atoms with van der Waals surface area (Å²) in [6, 6.07) is 4.07. The van der Waals surface area contributed by atoms with Crippen molar-refractivity contribution in [2.24, 2.45) is 0 Å². The average molecular weight is 401 g/mol. The molecule has 0 fully saturated rings. The molecule has 3 N–H and O–H groups in total. The Morgan fingerprint density at radius 1 is 1.23 bits per heavy atom. The molecular weight excluding hydrogens is 382 g/mol. The monoisotopic (exact) mass is 400 g/mol. The van der Waals surface area contributed by atoms with Crippen molar-refractivity contribution >= 4 is 46.7 Å². The second kappa shape index (κ2) is 9.51. The number of carbonyl (C=O) groups excluding carboxylic acids is 1. The lowest BCUT2D eigenvalue weighted by Crippen LogP contribution is -2.21. The summed E-state index contributed by atoms with van der Waals surface area (Å²) >= 11 is 11.7. The summed E-state index contributed by atoms with van der Waals surface area (Å²) in [5.74, 6) is -0.590. The number of carbonyl (C=O) groups is 1. The predicted octanol–water partition coefficient (Wildman–Crippen LogP) is 3.93. The zero-order valence-corrected chi connectivity index (χ0v) is 15.8. The number of hydrogen-bond acceptors (Lipinski definition) is 5. The molecule has 26 heavy (non-hydrogen) atoms. The molecule has 0 aliphatic carbocycles. The number of nitrogens with zero attached hydrogens (tertiary/aromatic N) is 3. The molecule has 1 aromatic carbocycles. The first-order valence-electron chi connectivity index (χ1n) is 7.79. The van der Waals surface area contributed by atoms with Gasteiger partial charge in [-0.3, -0.25) is 5.32 Å². The standard InChI is InChI=1S/C16H19Cl2FN6O/c1-25(2)7-3-6-20-14-13(19)9-21-15(23-14)24-16(26)22-10-4-5-11(17)12(18)8-10/h4-5,8-9H,3,6-7H2,1-2H3,(H3,20,21,22,23,24,26). The van der Waals surface area contributed by atoms with E-state index in [4.69, 9.17) is 23.2 Å². The molecule has 1 aromatic heterocycles. The Morgan fingerprint density at radius 2 is 2.00 bits per heavy atom. The minimum atomic E-state index is -0.592. The first-order chi connectivity index (χ1) is 12.3. The first kappa shape index (κ1) is 20.2. The van der Waals surface area contributed by atoms with Crippen LogP contribution < -0.4 is 16.0 Å². The first-order valence-corrected chi connectivity index (χ1v) is 8.55. The third-order valence-corrected chi connectivity index (χ3v) is 3.96. The maximum absolute atomic E-state index is 13.8. The van der Waals surface area contributed by atoms with Crippen LogP contribution in [-0.4, -0.2) is 48.1 Å². The van der Waals surface area contributed by atoms with Gasteiger partial charge in [0.05, 0.1) is 16.2 Å². The molecule has 0 atom stereocenters. The van der Waals surface area contributed by atoms with E-state index in [2.05, 4.69) is 25.9 Å². The van der Waals surface area contributed by atoms with Gasteiger partial charge in [0.2, 0.25) is 5.95 Å². The van der Waals surface area contributed by atoms with Gasteiger partial charge in [0.1, 0.15) is 0 Å². The Labute approximate surface area is 160 Å². The van der Waals surface area contributed by atoms with Crippen LogP contribution in [0.15, 0.2) is 24.4 Å². The zero-order valence-electron chi connectivity index (χ0n) is 14.3. The number of anilines is 3. The molecule has 2 amide bonds. The number of nitrogens with one attached hydrogen (secondary N) is 3. The summed E-state index contributed by atoms with van der Waals surface area (Å²) in [6.07, 6.45) is 1.81. The SMILES string of the molecule is CN(C)CCCNc1nc(NC(=O)Nc2ccc(Cl)c(Cl)c2)ncc1F. The molecule has 2 aromatic rings. The predicted molar refractivity (Wildman–Crippen MR) is 103 cm³/mol. The average Bonchev–Trinajstić information content (AvgIpc) is 2.57. The van der Waals surface area contributed by atoms with Crippen LogP contribution in [0, 0.1) is 5.82 Å². The van der Waals surface area contributed by atoms with Crippen LogP contribution in [0.3, 0.4) is 0 Å². The summed E-state index contributed by atoms with van der Waals surface area (Å²) in [6.45, 7) is 1.40. The van der Waals surface area contributed by atoms with Gasteiger partial charge in [0, 0.05) is 12.2 Å². The van der Waals surface area contributed by atoms with Crippen molar-refractivity contribution in [3.8, 4) is 0 Å². The molecule has 0 radical (unpaired) electrons. The summed E-state index contributed by atoms with van der Waals surface area (Å²) in [7, 11) is 3.92. The lowest BCUT2D eigenvalue weighted by atomic mass is 10.3. The molecule has 0 saturated heterocycles. The van der Waals surface area contributed by atoms with Gasteiger partial charge in [-0.2, -0.15) is 4.98 Å². The molecule has 1 heterocycles. The Hall–Kier alpha value is -2.16. The normalized spacial score (nSPS) is 10.7. The second-order valence-corrected chi connectivity index (χ2v) is 6.50. The summed E-state index contributed by atoms with van der Waals surface area (Å²) in [5, 5.41) is 8.58. The van der Waals surface area contributed by atoms with E-state index >= 15 is 0 Å². The fourth-order valence-electron chi connectivity index (χ4n) is 1.99. The lowest BCUT2D eigenvalue weighted by Gasteiger charge is -2.11. The van der Waals surface area contributed by atoms with Gasteiger partial charge >= 0.3 is 6.03 Å². The van der Waals surface area contributed by atoms with E-state index in [0.29, 0.717) is 22.3 Å². The van der Waals surface area contributed by atoms with Crippen LogP contribution in [-0.2, 0) is 0 Å². The molecule has 0 bridgehead atoms. The molecule has 0 aliphatic rings. The van der Waals surface area contributed by atoms with E-state index in [1.807, 2.05) is 19.0 Å². The van der Waals surface area contributed by atoms with Crippen LogP contribution in [0.25, 0.3) is 0 Å². The summed E-state index contributed by atoms with van der Waals surface area (Å²) < 4.78 is 13.8. The molecule has 0 spiro atoms. The Bertz CT molecular complexity index is 774. The lowest BCUT2D eigenvalue weighted by molar-refractivity contribution is 0.262. The van der Waals surface area contributed by atoms with E-state index in [9.17, 15) is 9.18 Å². The Kier molecular flexibility index (Phi) is 7.38. The van der Waals surface area contributed by atoms with Gasteiger partial charge in [-0.15, -0.1) is 0 Å². The van der Waals surface area contributed by atoms with Crippen LogP contribution in [0.4, 0.5) is 26.6 Å². The van der Waals surface area contributed by atoms with E-state index in [1.54, 1.807) is 12.1 Å². The molecule has 0 aliphatic heterocycles. The van der Waals surface area contributed by atoms with E-state index in [0.717, 1.165) is 19.2 Å². The molecule has 0 saturated carbocycles. The minimum absolute atomic E-state index is 0.0286. The van der Waals surface area contributed by atoms with E-state index in [-0.39, 0.29) is 11.8 Å². The molecule has 0 unspecified atom stereocenters. The number of amides is 2. The van der Waals surface area contributed by atoms with Gasteiger partial charge in [0.15, 0.2) is 11.6 Å². The summed E-state index contributed by atoms with van der Waals surface area (Å²) in [5.41, 5.74) is 0.445. The van der Waals surface area contributed by atoms with E-state index < -0.39 is 11.8 Å². The van der Waals surface area contributed by atoms with Crippen molar-refractivity contribution in [3.63, 3.8) is 0 Å².